The van der Waals surface area contributed by atoms with Crippen molar-refractivity contribution in [2.24, 2.45) is 0 Å². The largest absolute Gasteiger partial charge is 0.450 e. The van der Waals surface area contributed by atoms with Gasteiger partial charge in [-0.2, -0.15) is 0 Å². The van der Waals surface area contributed by atoms with Gasteiger partial charge < -0.3 is 29.4 Å². The number of ether oxygens (including phenoxy) is 1. The van der Waals surface area contributed by atoms with Crippen LogP contribution in [0.3, 0.4) is 0 Å². The second-order valence-corrected chi connectivity index (χ2v) is 11.0. The molecule has 2 heterocycles. The highest BCUT2D eigenvalue weighted by molar-refractivity contribution is 6.06. The van der Waals surface area contributed by atoms with Crippen LogP contribution in [0.15, 0.2) is 71.3 Å². The molecule has 0 bridgehead atoms. The van der Waals surface area contributed by atoms with Crippen LogP contribution in [0.2, 0.25) is 0 Å². The first-order chi connectivity index (χ1) is 21.6. The van der Waals surface area contributed by atoms with Crippen molar-refractivity contribution in [1.82, 2.24) is 20.4 Å². The van der Waals surface area contributed by atoms with E-state index in [1.54, 1.807) is 38.2 Å². The minimum absolute atomic E-state index is 0.0181. The predicted octanol–water partition coefficient (Wildman–Crippen LogP) is 5.00. The van der Waals surface area contributed by atoms with E-state index in [2.05, 4.69) is 15.8 Å². The third-order valence-corrected chi connectivity index (χ3v) is 7.05. The number of amides is 1. The van der Waals surface area contributed by atoms with Gasteiger partial charge in [-0.1, -0.05) is 53.7 Å². The molecule has 0 aliphatic carbocycles. The van der Waals surface area contributed by atoms with Crippen molar-refractivity contribution >= 4 is 18.0 Å². The maximum Gasteiger partial charge on any atom is 0.309 e. The number of aromatic nitrogens is 2. The van der Waals surface area contributed by atoms with Crippen LogP contribution in [0, 0.1) is 12.7 Å². The van der Waals surface area contributed by atoms with Gasteiger partial charge in [-0.15, -0.1) is 0 Å². The molecule has 4 aromatic rings. The average Bonchev–Trinajstić information content (AvgIpc) is 3.59. The number of rotatable bonds is 14. The number of hydrogen-bond acceptors (Lipinski definition) is 8. The third kappa shape index (κ3) is 8.53. The van der Waals surface area contributed by atoms with Crippen LogP contribution in [-0.4, -0.2) is 57.8 Å². The molecule has 10 nitrogen and oxygen atoms in total. The van der Waals surface area contributed by atoms with Gasteiger partial charge in [-0.05, 0) is 57.2 Å². The van der Waals surface area contributed by atoms with Crippen molar-refractivity contribution in [3.8, 4) is 22.3 Å². The number of nitrogens with zero attached hydrogens (tertiary/aromatic N) is 2. The van der Waals surface area contributed by atoms with E-state index < -0.39 is 24.0 Å². The van der Waals surface area contributed by atoms with E-state index in [-0.39, 0.29) is 38.1 Å². The van der Waals surface area contributed by atoms with Gasteiger partial charge >= 0.3 is 5.97 Å². The van der Waals surface area contributed by atoms with Crippen molar-refractivity contribution in [1.29, 1.82) is 0 Å². The molecule has 1 amide bonds. The smallest absolute Gasteiger partial charge is 0.309 e. The molecule has 238 valence electrons. The van der Waals surface area contributed by atoms with Crippen molar-refractivity contribution in [3.63, 3.8) is 0 Å². The molecular formula is C34H39FN4O6. The summed E-state index contributed by atoms with van der Waals surface area (Å²) < 4.78 is 26.0. The van der Waals surface area contributed by atoms with E-state index in [0.717, 1.165) is 5.56 Å². The van der Waals surface area contributed by atoms with Crippen LogP contribution < -0.4 is 10.6 Å². The van der Waals surface area contributed by atoms with Crippen LogP contribution in [0.1, 0.15) is 60.4 Å². The Morgan fingerprint density at radius 3 is 2.38 bits per heavy atom. The zero-order valence-electron chi connectivity index (χ0n) is 25.8. The fraction of sp³-hybridized carbons (Fsp3) is 0.324. The lowest BCUT2D eigenvalue weighted by atomic mass is 9.94. The van der Waals surface area contributed by atoms with Crippen molar-refractivity contribution in [3.05, 3.63) is 95.4 Å². The lowest BCUT2D eigenvalue weighted by Crippen LogP contribution is -2.27. The summed E-state index contributed by atoms with van der Waals surface area (Å²) in [6.07, 6.45) is 0.557. The molecule has 0 unspecified atom stereocenters. The second kappa shape index (κ2) is 15.4. The van der Waals surface area contributed by atoms with Crippen LogP contribution in [-0.2, 0) is 16.1 Å². The van der Waals surface area contributed by atoms with Gasteiger partial charge in [0.15, 0.2) is 0 Å². The molecule has 0 saturated carbocycles. The molecule has 0 aliphatic heterocycles. The molecule has 2 aromatic carbocycles. The van der Waals surface area contributed by atoms with E-state index in [9.17, 15) is 24.2 Å². The van der Waals surface area contributed by atoms with Crippen molar-refractivity contribution < 1.29 is 33.5 Å². The maximum absolute atomic E-state index is 14.1. The summed E-state index contributed by atoms with van der Waals surface area (Å²) in [6, 6.07) is 17.0. The summed E-state index contributed by atoms with van der Waals surface area (Å²) in [5, 5.41) is 30.9. The Hall–Kier alpha value is -4.58. The average molecular weight is 619 g/mol. The van der Waals surface area contributed by atoms with Gasteiger partial charge in [0.05, 0.1) is 25.2 Å². The molecule has 0 saturated heterocycles. The first-order valence-electron chi connectivity index (χ1n) is 14.7. The first-order valence-corrected chi connectivity index (χ1v) is 14.7. The number of aliphatic hydroxyl groups excluding tert-OH is 2. The zero-order chi connectivity index (χ0) is 32.5. The van der Waals surface area contributed by atoms with Gasteiger partial charge in [-0.3, -0.25) is 14.9 Å². The fourth-order valence-corrected chi connectivity index (χ4v) is 5.13. The van der Waals surface area contributed by atoms with Gasteiger partial charge in [0.25, 0.3) is 5.91 Å². The molecule has 45 heavy (non-hydrogen) atoms. The van der Waals surface area contributed by atoms with E-state index in [1.165, 1.54) is 18.2 Å². The summed E-state index contributed by atoms with van der Waals surface area (Å²) in [6.45, 7) is 5.80. The Kier molecular flexibility index (Phi) is 11.4. The molecule has 0 aliphatic rings. The van der Waals surface area contributed by atoms with Gasteiger partial charge in [-0.25, -0.2) is 4.39 Å². The number of nitrogens with one attached hydrogen (secondary N) is 2. The Labute approximate surface area is 261 Å². The third-order valence-electron chi connectivity index (χ3n) is 7.05. The monoisotopic (exact) mass is 618 g/mol. The minimum atomic E-state index is -1.14. The minimum Gasteiger partial charge on any atom is -0.450 e. The van der Waals surface area contributed by atoms with Gasteiger partial charge in [0.2, 0.25) is 0 Å². The molecule has 11 heteroatoms. The highest BCUT2D eigenvalue weighted by atomic mass is 19.1. The number of carbonyl (C=O) groups is 2. The Bertz CT molecular complexity index is 1610. The fourth-order valence-electron chi connectivity index (χ4n) is 5.13. The summed E-state index contributed by atoms with van der Waals surface area (Å²) in [5.41, 5.74) is 4.27. The predicted molar refractivity (Wildman–Crippen MR) is 168 cm³/mol. The standard InChI is InChI=1S/C34H39FN4O6/c1-21(2)39-29(15-14-27(40)17-28(41)18-30(42)44-20-36-4)31(24-10-12-25(35)13-11-24)32(23-8-6-5-7-9-23)33(39)34(43)37-19-26-16-22(3)45-38-26/h5-16,21,27-28,36,40-41H,17-20H2,1-4H3,(H,37,43)/b15-14+/t27-,28-/m1/s1. The quantitative estimate of drug-likeness (QED) is 0.114. The topological polar surface area (TPSA) is 139 Å². The summed E-state index contributed by atoms with van der Waals surface area (Å²) in [7, 11) is 1.63. The summed E-state index contributed by atoms with van der Waals surface area (Å²) in [5.74, 6) is -0.732. The number of halogens is 1. The van der Waals surface area contributed by atoms with Gasteiger partial charge in [0, 0.05) is 35.3 Å². The van der Waals surface area contributed by atoms with Crippen LogP contribution in [0.4, 0.5) is 4.39 Å². The SMILES string of the molecule is CNCOC(=O)C[C@H](O)C[C@H](O)/C=C/c1c(-c2ccc(F)cc2)c(-c2ccccc2)c(C(=O)NCc2cc(C)on2)n1C(C)C. The first kappa shape index (κ1) is 33.3. The second-order valence-electron chi connectivity index (χ2n) is 11.0. The highest BCUT2D eigenvalue weighted by Crippen LogP contribution is 2.42. The molecular weight excluding hydrogens is 579 g/mol. The van der Waals surface area contributed by atoms with Crippen LogP contribution in [0.25, 0.3) is 28.3 Å². The van der Waals surface area contributed by atoms with E-state index in [0.29, 0.717) is 39.5 Å². The number of hydrogen-bond donors (Lipinski definition) is 4. The van der Waals surface area contributed by atoms with Crippen LogP contribution in [0.5, 0.6) is 0 Å². The summed E-state index contributed by atoms with van der Waals surface area (Å²) >= 11 is 0. The molecule has 0 radical (unpaired) electrons. The Balaban J connectivity index is 1.82. The van der Waals surface area contributed by atoms with Crippen molar-refractivity contribution in [2.45, 2.75) is 58.4 Å². The van der Waals surface area contributed by atoms with Crippen LogP contribution >= 0.6 is 0 Å². The maximum atomic E-state index is 14.1. The number of benzene rings is 2. The molecule has 0 spiro atoms. The molecule has 2 aromatic heterocycles. The molecule has 2 atom stereocenters. The molecule has 4 N–H and O–H groups in total. The number of aryl methyl sites for hydroxylation is 1. The number of aliphatic hydroxyl groups is 2. The van der Waals surface area contributed by atoms with E-state index in [1.807, 2.05) is 48.7 Å². The lowest BCUT2D eigenvalue weighted by Gasteiger charge is -2.17. The highest BCUT2D eigenvalue weighted by Gasteiger charge is 2.29. The Morgan fingerprint density at radius 1 is 1.07 bits per heavy atom. The lowest BCUT2D eigenvalue weighted by molar-refractivity contribution is -0.146. The number of carbonyl (C=O) groups excluding carboxylic acids is 2. The molecule has 0 fully saturated rings. The van der Waals surface area contributed by atoms with Gasteiger partial charge in [0.1, 0.15) is 29.7 Å². The van der Waals surface area contributed by atoms with Crippen molar-refractivity contribution in [2.75, 3.05) is 13.8 Å². The van der Waals surface area contributed by atoms with E-state index >= 15 is 0 Å². The molecule has 4 rings (SSSR count). The normalized spacial score (nSPS) is 12.9. The Morgan fingerprint density at radius 2 is 1.76 bits per heavy atom. The number of esters is 1. The summed E-state index contributed by atoms with van der Waals surface area (Å²) in [4.78, 5) is 26.0. The zero-order valence-corrected chi connectivity index (χ0v) is 25.8. The van der Waals surface area contributed by atoms with E-state index in [4.69, 9.17) is 9.26 Å².